The van der Waals surface area contributed by atoms with E-state index in [0.29, 0.717) is 6.61 Å². The highest BCUT2D eigenvalue weighted by Gasteiger charge is 2.25. The van der Waals surface area contributed by atoms with Crippen LogP contribution in [0, 0.1) is 17.3 Å². The van der Waals surface area contributed by atoms with E-state index in [0.717, 1.165) is 13.0 Å². The molecule has 0 saturated heterocycles. The van der Waals surface area contributed by atoms with Crippen molar-refractivity contribution in [3.8, 4) is 11.8 Å². The zero-order valence-electron chi connectivity index (χ0n) is 14.6. The number of nitrogens with one attached hydrogen (secondary N) is 1. The van der Waals surface area contributed by atoms with Crippen LogP contribution in [0.3, 0.4) is 0 Å². The van der Waals surface area contributed by atoms with Crippen LogP contribution in [0.1, 0.15) is 44.7 Å². The second kappa shape index (κ2) is 7.31. The minimum Gasteiger partial charge on any atom is -0.375 e. The van der Waals surface area contributed by atoms with E-state index in [4.69, 9.17) is 10.6 Å². The quantitative estimate of drug-likeness (QED) is 0.440. The highest BCUT2D eigenvalue weighted by atomic mass is 16.5. The third-order valence-electron chi connectivity index (χ3n) is 4.01. The summed E-state index contributed by atoms with van der Waals surface area (Å²) in [6.45, 7) is 9.97. The molecule has 0 unspecified atom stereocenters. The second-order valence-corrected chi connectivity index (χ2v) is 7.64. The minimum atomic E-state index is -0.208. The molecule has 0 spiro atoms. The molecule has 0 fully saturated rings. The van der Waals surface area contributed by atoms with Gasteiger partial charge in [0.15, 0.2) is 0 Å². The summed E-state index contributed by atoms with van der Waals surface area (Å²) in [4.78, 5) is 0. The smallest absolute Gasteiger partial charge is 0.0666 e. The summed E-state index contributed by atoms with van der Waals surface area (Å²) in [5.41, 5.74) is 5.07. The number of rotatable bonds is 8. The summed E-state index contributed by atoms with van der Waals surface area (Å²) in [5.74, 6) is 11.9. The molecule has 3 nitrogen and oxygen atoms in total. The van der Waals surface area contributed by atoms with E-state index < -0.39 is 0 Å². The van der Waals surface area contributed by atoms with E-state index >= 15 is 0 Å². The Morgan fingerprint density at radius 3 is 2.43 bits per heavy atom. The lowest BCUT2D eigenvalue weighted by Crippen LogP contribution is -2.40. The standard InChI is InChI=1S/C20H28N2O/c1-19(2,14-22-21)15-23-20(3,4)13-16-9-11-18(12-10-16)17-7-5-6-8-17/h5,7,9-12,17,22H,13-15,21H2,1-4H3/t17-/m1/s1. The van der Waals surface area contributed by atoms with Crippen molar-refractivity contribution < 1.29 is 4.74 Å². The topological polar surface area (TPSA) is 47.3 Å². The Labute approximate surface area is 140 Å². The second-order valence-electron chi connectivity index (χ2n) is 7.64. The molecule has 0 aromatic heterocycles. The van der Waals surface area contributed by atoms with Crippen LogP contribution in [0.25, 0.3) is 0 Å². The summed E-state index contributed by atoms with van der Waals surface area (Å²) in [6.07, 6.45) is 4.91. The fraction of sp³-hybridized carbons (Fsp3) is 0.500. The molecular weight excluding hydrogens is 284 g/mol. The molecule has 1 aromatic rings. The van der Waals surface area contributed by atoms with Gasteiger partial charge < -0.3 is 4.74 Å². The zero-order valence-corrected chi connectivity index (χ0v) is 14.6. The van der Waals surface area contributed by atoms with Gasteiger partial charge in [0, 0.05) is 18.4 Å². The maximum absolute atomic E-state index is 6.15. The van der Waals surface area contributed by atoms with Crippen molar-refractivity contribution in [3.05, 3.63) is 47.5 Å². The van der Waals surface area contributed by atoms with Crippen molar-refractivity contribution in [2.45, 2.75) is 45.6 Å². The normalized spacial score (nSPS) is 17.2. The molecule has 124 valence electrons. The highest BCUT2D eigenvalue weighted by Crippen LogP contribution is 2.24. The van der Waals surface area contributed by atoms with Crippen LogP contribution in [0.15, 0.2) is 36.4 Å². The van der Waals surface area contributed by atoms with Gasteiger partial charge in [-0.25, -0.2) is 0 Å². The van der Waals surface area contributed by atoms with E-state index in [9.17, 15) is 0 Å². The third-order valence-corrected chi connectivity index (χ3v) is 4.01. The predicted octanol–water partition coefficient (Wildman–Crippen LogP) is 3.17. The molecule has 0 aliphatic heterocycles. The maximum atomic E-state index is 6.15. The van der Waals surface area contributed by atoms with Gasteiger partial charge in [-0.15, -0.1) is 0 Å². The number of allylic oxidation sites excluding steroid dienone is 2. The molecule has 1 aliphatic carbocycles. The van der Waals surface area contributed by atoms with E-state index in [-0.39, 0.29) is 16.9 Å². The SMILES string of the molecule is CC(C)(CNN)COC(C)(C)Cc1ccc([C@H]2C#CC=C2)cc1. The van der Waals surface area contributed by atoms with Crippen LogP contribution in [0.2, 0.25) is 0 Å². The molecule has 1 aliphatic rings. The Kier molecular flexibility index (Phi) is 5.64. The zero-order chi connectivity index (χ0) is 16.9. The lowest BCUT2D eigenvalue weighted by atomic mass is 9.92. The molecule has 0 saturated carbocycles. The van der Waals surface area contributed by atoms with Crippen molar-refractivity contribution >= 4 is 0 Å². The van der Waals surface area contributed by atoms with Gasteiger partial charge in [0.05, 0.1) is 18.1 Å². The van der Waals surface area contributed by atoms with E-state index in [1.165, 1.54) is 11.1 Å². The van der Waals surface area contributed by atoms with E-state index in [1.807, 2.05) is 6.08 Å². The summed E-state index contributed by atoms with van der Waals surface area (Å²) in [5, 5.41) is 0. The average Bonchev–Trinajstić information content (AvgIpc) is 3.00. The van der Waals surface area contributed by atoms with Crippen LogP contribution < -0.4 is 11.3 Å². The largest absolute Gasteiger partial charge is 0.375 e. The Morgan fingerprint density at radius 2 is 1.87 bits per heavy atom. The molecule has 3 N–H and O–H groups in total. The fourth-order valence-corrected chi connectivity index (χ4v) is 2.63. The molecule has 2 rings (SSSR count). The number of hydrogen-bond donors (Lipinski definition) is 2. The molecule has 1 aromatic carbocycles. The Morgan fingerprint density at radius 1 is 1.17 bits per heavy atom. The van der Waals surface area contributed by atoms with Crippen LogP contribution in [-0.2, 0) is 11.2 Å². The Hall–Kier alpha value is -1.60. The van der Waals surface area contributed by atoms with Gasteiger partial charge in [-0.05, 0) is 31.1 Å². The lowest BCUT2D eigenvalue weighted by Gasteiger charge is -2.32. The number of nitrogens with two attached hydrogens (primary N) is 1. The first-order valence-corrected chi connectivity index (χ1v) is 8.15. The molecular formula is C20H28N2O. The van der Waals surface area contributed by atoms with Crippen molar-refractivity contribution in [2.75, 3.05) is 13.2 Å². The molecule has 3 heteroatoms. The van der Waals surface area contributed by atoms with Crippen LogP contribution >= 0.6 is 0 Å². The van der Waals surface area contributed by atoms with Crippen molar-refractivity contribution in [1.29, 1.82) is 0 Å². The van der Waals surface area contributed by atoms with E-state index in [2.05, 4.69) is 75.3 Å². The maximum Gasteiger partial charge on any atom is 0.0666 e. The van der Waals surface area contributed by atoms with Crippen LogP contribution in [0.5, 0.6) is 0 Å². The fourth-order valence-electron chi connectivity index (χ4n) is 2.63. The number of benzene rings is 1. The minimum absolute atomic E-state index is 0.0172. The lowest BCUT2D eigenvalue weighted by molar-refractivity contribution is -0.0536. The number of hydrazine groups is 1. The van der Waals surface area contributed by atoms with Crippen molar-refractivity contribution in [3.63, 3.8) is 0 Å². The third kappa shape index (κ3) is 5.51. The summed E-state index contributed by atoms with van der Waals surface area (Å²) >= 11 is 0. The van der Waals surface area contributed by atoms with Crippen molar-refractivity contribution in [1.82, 2.24) is 5.43 Å². The Bertz CT molecular complexity index is 603. The summed E-state index contributed by atoms with van der Waals surface area (Å²) in [7, 11) is 0. The number of hydrogen-bond acceptors (Lipinski definition) is 3. The molecule has 0 bridgehead atoms. The molecule has 0 heterocycles. The van der Waals surface area contributed by atoms with Gasteiger partial charge in [0.2, 0.25) is 0 Å². The first kappa shape index (κ1) is 17.7. The highest BCUT2D eigenvalue weighted by molar-refractivity contribution is 5.41. The molecule has 0 amide bonds. The van der Waals surface area contributed by atoms with Gasteiger partial charge >= 0.3 is 0 Å². The van der Waals surface area contributed by atoms with Gasteiger partial charge in [-0.2, -0.15) is 0 Å². The first-order valence-electron chi connectivity index (χ1n) is 8.15. The molecule has 0 radical (unpaired) electrons. The van der Waals surface area contributed by atoms with Gasteiger partial charge in [0.1, 0.15) is 0 Å². The first-order chi connectivity index (χ1) is 10.8. The van der Waals surface area contributed by atoms with Gasteiger partial charge in [0.25, 0.3) is 0 Å². The van der Waals surface area contributed by atoms with E-state index in [1.54, 1.807) is 0 Å². The van der Waals surface area contributed by atoms with Gasteiger partial charge in [-0.1, -0.05) is 56.0 Å². The number of ether oxygens (including phenoxy) is 1. The van der Waals surface area contributed by atoms with Crippen molar-refractivity contribution in [2.24, 2.45) is 11.3 Å². The molecule has 23 heavy (non-hydrogen) atoms. The monoisotopic (exact) mass is 312 g/mol. The van der Waals surface area contributed by atoms with Crippen LogP contribution in [-0.4, -0.2) is 18.8 Å². The average molecular weight is 312 g/mol. The van der Waals surface area contributed by atoms with Crippen LogP contribution in [0.4, 0.5) is 0 Å². The summed E-state index contributed by atoms with van der Waals surface area (Å²) < 4.78 is 6.15. The van der Waals surface area contributed by atoms with Gasteiger partial charge in [-0.3, -0.25) is 11.3 Å². The Balaban J connectivity index is 1.92. The summed E-state index contributed by atoms with van der Waals surface area (Å²) in [6, 6.07) is 8.70. The molecule has 1 atom stereocenters. The predicted molar refractivity (Wildman–Crippen MR) is 95.8 cm³/mol.